The monoisotopic (exact) mass is 412 g/mol. The van der Waals surface area contributed by atoms with E-state index in [1.165, 1.54) is 17.1 Å². The summed E-state index contributed by atoms with van der Waals surface area (Å²) in [5.41, 5.74) is 2.29. The van der Waals surface area contributed by atoms with Crippen molar-refractivity contribution in [2.45, 2.75) is 32.9 Å². The van der Waals surface area contributed by atoms with Crippen LogP contribution in [0.3, 0.4) is 0 Å². The van der Waals surface area contributed by atoms with Crippen LogP contribution in [0, 0.1) is 5.82 Å². The molecule has 3 heterocycles. The lowest BCUT2D eigenvalue weighted by Crippen LogP contribution is -2.46. The third-order valence-electron chi connectivity index (χ3n) is 4.51. The molecule has 0 atom stereocenters. The molecule has 8 heteroatoms. The molecule has 0 saturated carbocycles. The predicted octanol–water partition coefficient (Wildman–Crippen LogP) is 3.62. The van der Waals surface area contributed by atoms with E-state index in [2.05, 4.69) is 10.4 Å². The summed E-state index contributed by atoms with van der Waals surface area (Å²) in [7, 11) is 0. The summed E-state index contributed by atoms with van der Waals surface area (Å²) in [5, 5.41) is 10.5. The van der Waals surface area contributed by atoms with Crippen molar-refractivity contribution >= 4 is 39.1 Å². The first-order valence-electron chi connectivity index (χ1n) is 9.24. The van der Waals surface area contributed by atoms with E-state index in [9.17, 15) is 14.0 Å². The van der Waals surface area contributed by atoms with Crippen molar-refractivity contribution in [3.63, 3.8) is 0 Å². The van der Waals surface area contributed by atoms with Gasteiger partial charge in [-0.15, -0.1) is 11.3 Å². The molecule has 2 amide bonds. The summed E-state index contributed by atoms with van der Waals surface area (Å²) in [6, 6.07) is 9.77. The van der Waals surface area contributed by atoms with Gasteiger partial charge in [0.15, 0.2) is 0 Å². The number of carbonyl (C=O) groups is 2. The quantitative estimate of drug-likeness (QED) is 0.714. The normalized spacial score (nSPS) is 14.6. The Bertz CT molecular complexity index is 1120. The number of nitrogens with zero attached hydrogens (tertiary/aromatic N) is 3. The van der Waals surface area contributed by atoms with E-state index in [4.69, 9.17) is 0 Å². The average molecular weight is 412 g/mol. The molecule has 0 bridgehead atoms. The standard InChI is InChI=1S/C21H21FN4O2S/c1-21(2,3)23-19(27)12-26-20(28)17-10-18-16(8-9-29-18)25(17)11-15(24-26)13-4-6-14(22)7-5-13/h4-10H,11-12H2,1-3H3,(H,23,27). The van der Waals surface area contributed by atoms with Gasteiger partial charge in [0, 0.05) is 5.54 Å². The maximum Gasteiger partial charge on any atom is 0.291 e. The number of hydrogen-bond acceptors (Lipinski definition) is 4. The molecule has 1 aliphatic heterocycles. The average Bonchev–Trinajstić information content (AvgIpc) is 3.18. The van der Waals surface area contributed by atoms with Crippen LogP contribution in [0.25, 0.3) is 10.2 Å². The molecule has 0 unspecified atom stereocenters. The number of benzene rings is 1. The van der Waals surface area contributed by atoms with Crippen LogP contribution in [0.15, 0.2) is 46.9 Å². The summed E-state index contributed by atoms with van der Waals surface area (Å²) in [5.74, 6) is -0.980. The van der Waals surface area contributed by atoms with Crippen molar-refractivity contribution in [1.82, 2.24) is 14.9 Å². The highest BCUT2D eigenvalue weighted by molar-refractivity contribution is 7.17. The second-order valence-electron chi connectivity index (χ2n) is 8.00. The van der Waals surface area contributed by atoms with Crippen molar-refractivity contribution in [2.75, 3.05) is 6.54 Å². The second kappa shape index (κ2) is 7.11. The van der Waals surface area contributed by atoms with E-state index < -0.39 is 5.54 Å². The number of amides is 2. The molecule has 0 spiro atoms. The lowest BCUT2D eigenvalue weighted by atomic mass is 10.1. The zero-order valence-corrected chi connectivity index (χ0v) is 17.2. The van der Waals surface area contributed by atoms with Crippen LogP contribution < -0.4 is 5.32 Å². The Morgan fingerprint density at radius 2 is 1.97 bits per heavy atom. The van der Waals surface area contributed by atoms with Gasteiger partial charge >= 0.3 is 0 Å². The van der Waals surface area contributed by atoms with Gasteiger partial charge in [-0.2, -0.15) is 5.10 Å². The fourth-order valence-corrected chi connectivity index (χ4v) is 4.14. The highest BCUT2D eigenvalue weighted by Gasteiger charge is 2.29. The van der Waals surface area contributed by atoms with E-state index in [0.717, 1.165) is 10.2 Å². The van der Waals surface area contributed by atoms with Crippen LogP contribution in [0.2, 0.25) is 0 Å². The van der Waals surface area contributed by atoms with Gasteiger partial charge in [0.2, 0.25) is 5.91 Å². The van der Waals surface area contributed by atoms with Crippen LogP contribution in [-0.2, 0) is 11.3 Å². The third-order valence-corrected chi connectivity index (χ3v) is 5.36. The molecule has 0 saturated heterocycles. The highest BCUT2D eigenvalue weighted by atomic mass is 32.1. The zero-order chi connectivity index (χ0) is 20.8. The molecule has 29 heavy (non-hydrogen) atoms. The Hall–Kier alpha value is -3.00. The molecular weight excluding hydrogens is 391 g/mol. The van der Waals surface area contributed by atoms with Crippen molar-refractivity contribution < 1.29 is 14.0 Å². The van der Waals surface area contributed by atoms with Crippen LogP contribution in [0.4, 0.5) is 4.39 Å². The molecular formula is C21H21FN4O2S. The first-order valence-corrected chi connectivity index (χ1v) is 10.1. The fraction of sp³-hybridized carbons (Fsp3) is 0.286. The minimum Gasteiger partial charge on any atom is -0.350 e. The fourth-order valence-electron chi connectivity index (χ4n) is 3.32. The molecule has 3 aromatic rings. The van der Waals surface area contributed by atoms with E-state index in [0.29, 0.717) is 23.5 Å². The Morgan fingerprint density at radius 1 is 1.24 bits per heavy atom. The summed E-state index contributed by atoms with van der Waals surface area (Å²) in [6.07, 6.45) is 0. The van der Waals surface area contributed by atoms with Gasteiger partial charge in [-0.1, -0.05) is 12.1 Å². The summed E-state index contributed by atoms with van der Waals surface area (Å²) in [6.45, 7) is 5.79. The summed E-state index contributed by atoms with van der Waals surface area (Å²) < 4.78 is 16.3. The predicted molar refractivity (Wildman–Crippen MR) is 112 cm³/mol. The number of thiophene rings is 1. The molecule has 1 aromatic carbocycles. The Morgan fingerprint density at radius 3 is 2.66 bits per heavy atom. The van der Waals surface area contributed by atoms with Crippen molar-refractivity contribution in [3.05, 3.63) is 58.9 Å². The van der Waals surface area contributed by atoms with Gasteiger partial charge in [0.25, 0.3) is 5.91 Å². The second-order valence-corrected chi connectivity index (χ2v) is 8.95. The van der Waals surface area contributed by atoms with Crippen molar-refractivity contribution in [1.29, 1.82) is 0 Å². The molecule has 1 aliphatic rings. The van der Waals surface area contributed by atoms with Crippen LogP contribution in [0.1, 0.15) is 36.8 Å². The van der Waals surface area contributed by atoms with E-state index in [-0.39, 0.29) is 24.2 Å². The topological polar surface area (TPSA) is 66.7 Å². The first kappa shape index (κ1) is 19.3. The van der Waals surface area contributed by atoms with Crippen molar-refractivity contribution in [2.24, 2.45) is 5.10 Å². The maximum atomic E-state index is 13.4. The number of carbonyl (C=O) groups excluding carboxylic acids is 2. The van der Waals surface area contributed by atoms with Crippen molar-refractivity contribution in [3.8, 4) is 0 Å². The van der Waals surface area contributed by atoms with E-state index in [1.807, 2.05) is 42.9 Å². The van der Waals surface area contributed by atoms with Gasteiger partial charge in [-0.05, 0) is 56.0 Å². The molecule has 0 aliphatic carbocycles. The van der Waals surface area contributed by atoms with Gasteiger partial charge in [0.1, 0.15) is 18.1 Å². The molecule has 150 valence electrons. The summed E-state index contributed by atoms with van der Waals surface area (Å²) in [4.78, 5) is 25.7. The molecule has 4 rings (SSSR count). The van der Waals surface area contributed by atoms with Crippen LogP contribution in [0.5, 0.6) is 0 Å². The Labute approximate surface area is 171 Å². The molecule has 0 radical (unpaired) electrons. The third kappa shape index (κ3) is 3.93. The number of hydrazone groups is 1. The zero-order valence-electron chi connectivity index (χ0n) is 16.4. The SMILES string of the molecule is CC(C)(C)NC(=O)CN1N=C(c2ccc(F)cc2)Cn2c(cc3sccc32)C1=O. The van der Waals surface area contributed by atoms with Gasteiger partial charge in [0.05, 0.1) is 22.5 Å². The number of hydrogen-bond donors (Lipinski definition) is 1. The lowest BCUT2D eigenvalue weighted by Gasteiger charge is -2.23. The van der Waals surface area contributed by atoms with Crippen LogP contribution in [-0.4, -0.2) is 39.2 Å². The van der Waals surface area contributed by atoms with Gasteiger partial charge in [-0.3, -0.25) is 9.59 Å². The number of nitrogens with one attached hydrogen (secondary N) is 1. The largest absolute Gasteiger partial charge is 0.350 e. The smallest absolute Gasteiger partial charge is 0.291 e. The molecule has 6 nitrogen and oxygen atoms in total. The van der Waals surface area contributed by atoms with Crippen LogP contribution >= 0.6 is 11.3 Å². The minimum atomic E-state index is -0.418. The Kier molecular flexibility index (Phi) is 4.74. The summed E-state index contributed by atoms with van der Waals surface area (Å²) >= 11 is 1.55. The lowest BCUT2D eigenvalue weighted by molar-refractivity contribution is -0.123. The molecule has 0 fully saturated rings. The maximum absolute atomic E-state index is 13.4. The van der Waals surface area contributed by atoms with Gasteiger partial charge < -0.3 is 9.88 Å². The first-order chi connectivity index (χ1) is 13.7. The van der Waals surface area contributed by atoms with E-state index in [1.54, 1.807) is 23.5 Å². The number of aromatic nitrogens is 1. The Balaban J connectivity index is 1.77. The number of halogens is 1. The molecule has 1 N–H and O–H groups in total. The van der Waals surface area contributed by atoms with Gasteiger partial charge in [-0.25, -0.2) is 9.40 Å². The van der Waals surface area contributed by atoms with E-state index >= 15 is 0 Å². The number of fused-ring (bicyclic) bond motifs is 3. The highest BCUT2D eigenvalue weighted by Crippen LogP contribution is 2.28. The number of rotatable bonds is 3. The minimum absolute atomic E-state index is 0.195. The molecule has 2 aromatic heterocycles.